The van der Waals surface area contributed by atoms with Crippen LogP contribution in [-0.2, 0) is 9.59 Å². The number of nitrogens with zero attached hydrogens (tertiary/aromatic N) is 3. The Labute approximate surface area is 365 Å². The summed E-state index contributed by atoms with van der Waals surface area (Å²) in [7, 11) is 0. The van der Waals surface area contributed by atoms with Gasteiger partial charge in [-0.2, -0.15) is 0 Å². The van der Waals surface area contributed by atoms with Gasteiger partial charge >= 0.3 is 5.97 Å². The molecule has 2 aromatic carbocycles. The van der Waals surface area contributed by atoms with Crippen LogP contribution in [0.25, 0.3) is 78.3 Å². The molecule has 0 saturated carbocycles. The lowest BCUT2D eigenvalue weighted by molar-refractivity contribution is -0.136. The van der Waals surface area contributed by atoms with Crippen LogP contribution in [0.4, 0.5) is 0 Å². The highest BCUT2D eigenvalue weighted by Crippen LogP contribution is 2.38. The number of aryl methyl sites for hydroxylation is 2. The van der Waals surface area contributed by atoms with Gasteiger partial charge in [0.15, 0.2) is 0 Å². The summed E-state index contributed by atoms with van der Waals surface area (Å²) in [5, 5.41) is 17.5. The summed E-state index contributed by atoms with van der Waals surface area (Å²) >= 11 is 0. The van der Waals surface area contributed by atoms with Crippen molar-refractivity contribution in [2.24, 2.45) is 0 Å². The fraction of sp³-hybridized carbons (Fsp3) is 0.231. The molecule has 0 unspecified atom stereocenters. The fourth-order valence-electron chi connectivity index (χ4n) is 8.71. The number of carbonyl (C=O) groups is 3. The minimum Gasteiger partial charge on any atom is -0.481 e. The van der Waals surface area contributed by atoms with E-state index in [0.717, 1.165) is 99.8 Å². The Morgan fingerprint density at radius 1 is 0.619 bits per heavy atom. The maximum absolute atomic E-state index is 13.5. The molecule has 318 valence electrons. The Balaban J connectivity index is 1.03. The topological polar surface area (TPSA) is 166 Å². The van der Waals surface area contributed by atoms with Crippen LogP contribution in [0.3, 0.4) is 0 Å². The second-order valence-electron chi connectivity index (χ2n) is 16.2. The first-order chi connectivity index (χ1) is 30.4. The van der Waals surface area contributed by atoms with Crippen LogP contribution < -0.4 is 10.6 Å². The van der Waals surface area contributed by atoms with Gasteiger partial charge in [0.05, 0.1) is 39.4 Å². The molecule has 0 aliphatic carbocycles. The van der Waals surface area contributed by atoms with Gasteiger partial charge in [-0.3, -0.25) is 14.4 Å². The summed E-state index contributed by atoms with van der Waals surface area (Å²) < 4.78 is 0. The first-order valence-electron chi connectivity index (χ1n) is 21.4. The van der Waals surface area contributed by atoms with Gasteiger partial charge in [0.2, 0.25) is 5.91 Å². The summed E-state index contributed by atoms with van der Waals surface area (Å²) in [6.45, 7) is 17.3. The number of pyridine rings is 1. The third kappa shape index (κ3) is 8.46. The normalized spacial score (nSPS) is 12.6. The van der Waals surface area contributed by atoms with Crippen LogP contribution in [0.1, 0.15) is 108 Å². The average Bonchev–Trinajstić information content (AvgIpc) is 3.94. The van der Waals surface area contributed by atoms with Gasteiger partial charge in [-0.1, -0.05) is 61.7 Å². The quantitative estimate of drug-likeness (QED) is 0.0538. The van der Waals surface area contributed by atoms with Crippen molar-refractivity contribution in [3.8, 4) is 0 Å². The molecule has 2 amide bonds. The number of hydrogen-bond acceptors (Lipinski definition) is 6. The molecule has 6 heterocycles. The van der Waals surface area contributed by atoms with Crippen LogP contribution in [0, 0.1) is 13.8 Å². The highest BCUT2D eigenvalue weighted by atomic mass is 16.4. The van der Waals surface area contributed by atoms with Gasteiger partial charge in [-0.05, 0) is 123 Å². The van der Waals surface area contributed by atoms with Gasteiger partial charge in [0, 0.05) is 69.9 Å². The number of amides is 2. The minimum absolute atomic E-state index is 0.0453. The zero-order valence-corrected chi connectivity index (χ0v) is 36.2. The Morgan fingerprint density at radius 3 is 1.67 bits per heavy atom. The number of para-hydroxylation sites is 2. The van der Waals surface area contributed by atoms with Gasteiger partial charge in [0.25, 0.3) is 5.91 Å². The summed E-state index contributed by atoms with van der Waals surface area (Å²) in [6.07, 6.45) is 6.01. The second kappa shape index (κ2) is 17.9. The number of unbranched alkanes of at least 4 members (excludes halogenated alkanes) is 1. The summed E-state index contributed by atoms with van der Waals surface area (Å²) in [6, 6.07) is 23.4. The van der Waals surface area contributed by atoms with E-state index in [2.05, 4.69) is 53.7 Å². The SMILES string of the molecule is C=Cc1c(C)c2cc3[nH]c(cc4nc(cc5nc(cc1[nH]2)C(C)=C5CCC(=O)O)C(CCC(=O)NCCCCNC(=O)c1c2ccccc2nc2ccccc12)=C4C)c(C)c3C=C. The molecule has 6 aromatic rings. The van der Waals surface area contributed by atoms with Crippen molar-refractivity contribution in [3.63, 3.8) is 0 Å². The molecule has 0 spiro atoms. The van der Waals surface area contributed by atoms with Crippen LogP contribution in [0.15, 0.2) is 86.0 Å². The van der Waals surface area contributed by atoms with E-state index in [0.29, 0.717) is 55.7 Å². The van der Waals surface area contributed by atoms with E-state index < -0.39 is 5.97 Å². The van der Waals surface area contributed by atoms with Crippen molar-refractivity contribution in [1.82, 2.24) is 35.6 Å². The zero-order chi connectivity index (χ0) is 44.4. The maximum Gasteiger partial charge on any atom is 0.303 e. The molecule has 2 aliphatic heterocycles. The smallest absolute Gasteiger partial charge is 0.303 e. The first kappa shape index (κ1) is 42.3. The number of fused-ring (bicyclic) bond motifs is 10. The number of allylic oxidation sites excluding steroid dienone is 4. The van der Waals surface area contributed by atoms with Crippen molar-refractivity contribution in [2.45, 2.75) is 66.2 Å². The highest BCUT2D eigenvalue weighted by Gasteiger charge is 2.23. The Kier molecular flexibility index (Phi) is 12.0. The van der Waals surface area contributed by atoms with Gasteiger partial charge in [-0.25, -0.2) is 15.0 Å². The predicted octanol–water partition coefficient (Wildman–Crippen LogP) is 10.8. The first-order valence-corrected chi connectivity index (χ1v) is 21.4. The second-order valence-corrected chi connectivity index (χ2v) is 16.2. The van der Waals surface area contributed by atoms with E-state index in [4.69, 9.17) is 15.0 Å². The molecule has 0 atom stereocenters. The number of hydrogen-bond donors (Lipinski definition) is 5. The van der Waals surface area contributed by atoms with Crippen LogP contribution in [0.2, 0.25) is 0 Å². The molecule has 11 nitrogen and oxygen atoms in total. The molecular weight excluding hydrogens is 787 g/mol. The number of carboxylic acid groups (broad SMARTS) is 1. The molecule has 11 heteroatoms. The number of H-pyrrole nitrogens is 2. The third-order valence-corrected chi connectivity index (χ3v) is 12.3. The maximum atomic E-state index is 13.5. The molecule has 8 bridgehead atoms. The number of aliphatic carboxylic acids is 1. The van der Waals surface area contributed by atoms with Crippen molar-refractivity contribution in [3.05, 3.63) is 137 Å². The Morgan fingerprint density at radius 2 is 1.11 bits per heavy atom. The number of carbonyl (C=O) groups excluding carboxylic acids is 2. The Hall–Kier alpha value is -7.40. The number of nitrogens with one attached hydrogen (secondary N) is 4. The van der Waals surface area contributed by atoms with E-state index in [1.165, 1.54) is 0 Å². The highest BCUT2D eigenvalue weighted by molar-refractivity contribution is 6.16. The van der Waals surface area contributed by atoms with Crippen LogP contribution in [-0.4, -0.2) is 60.9 Å². The number of carboxylic acids is 1. The van der Waals surface area contributed by atoms with Crippen LogP contribution in [0.5, 0.6) is 0 Å². The van der Waals surface area contributed by atoms with Crippen molar-refractivity contribution >= 4 is 96.1 Å². The lowest BCUT2D eigenvalue weighted by Gasteiger charge is -2.11. The predicted molar refractivity (Wildman–Crippen MR) is 256 cm³/mol. The number of benzene rings is 2. The molecule has 0 radical (unpaired) electrons. The molecule has 8 rings (SSSR count). The van der Waals surface area contributed by atoms with E-state index in [9.17, 15) is 19.5 Å². The molecule has 0 saturated heterocycles. The largest absolute Gasteiger partial charge is 0.481 e. The summed E-state index contributed by atoms with van der Waals surface area (Å²) in [5.41, 5.74) is 16.2. The lowest BCUT2D eigenvalue weighted by Crippen LogP contribution is -2.27. The van der Waals surface area contributed by atoms with Crippen molar-refractivity contribution in [2.75, 3.05) is 13.1 Å². The zero-order valence-electron chi connectivity index (χ0n) is 36.2. The molecule has 5 N–H and O–H groups in total. The molecule has 4 aromatic heterocycles. The lowest BCUT2D eigenvalue weighted by atomic mass is 9.98. The van der Waals surface area contributed by atoms with E-state index in [-0.39, 0.29) is 24.7 Å². The molecule has 2 aliphatic rings. The standard InChI is InChI=1S/C52H51N7O4/c1-7-33-29(3)41-25-42-31(5)35(19-21-49(60)53-23-13-14-24-54-52(63)51-37-15-9-11-17-39(37)55-40-18-12-10-16-38(40)51)47(58-42)28-48-36(20-22-50(61)62)32(6)44(59-48)27-46-34(8-2)30(4)43(57-46)26-45(33)56-41/h7-12,15-18,25-28,56-57H,1-2,13-14,19-24H2,3-6H3,(H,53,60)(H,54,63)(H,61,62). The van der Waals surface area contributed by atoms with E-state index in [1.807, 2.05) is 92.7 Å². The summed E-state index contributed by atoms with van der Waals surface area (Å²) in [4.78, 5) is 60.8. The number of aromatic nitrogens is 5. The van der Waals surface area contributed by atoms with E-state index >= 15 is 0 Å². The van der Waals surface area contributed by atoms with Crippen LogP contribution >= 0.6 is 0 Å². The number of rotatable bonds is 14. The van der Waals surface area contributed by atoms with E-state index in [1.54, 1.807) is 0 Å². The monoisotopic (exact) mass is 837 g/mol. The molecule has 63 heavy (non-hydrogen) atoms. The third-order valence-electron chi connectivity index (χ3n) is 12.3. The van der Waals surface area contributed by atoms with Gasteiger partial charge in [0.1, 0.15) is 0 Å². The summed E-state index contributed by atoms with van der Waals surface area (Å²) in [5.74, 6) is -1.12. The fourth-order valence-corrected chi connectivity index (χ4v) is 8.71. The molecule has 0 fully saturated rings. The van der Waals surface area contributed by atoms with Gasteiger partial charge < -0.3 is 25.7 Å². The average molecular weight is 838 g/mol. The Bertz CT molecular complexity index is 3070. The van der Waals surface area contributed by atoms with Crippen molar-refractivity contribution in [1.29, 1.82) is 0 Å². The minimum atomic E-state index is -0.887. The van der Waals surface area contributed by atoms with Crippen molar-refractivity contribution < 1.29 is 19.5 Å². The number of aromatic amines is 2. The van der Waals surface area contributed by atoms with Gasteiger partial charge in [-0.15, -0.1) is 0 Å². The molecular formula is C52H51N7O4.